The van der Waals surface area contributed by atoms with E-state index in [4.69, 9.17) is 19.9 Å². The fraction of sp³-hybridized carbons (Fsp3) is 0.316. The Bertz CT molecular complexity index is 704. The summed E-state index contributed by atoms with van der Waals surface area (Å²) in [6.07, 6.45) is 0. The lowest BCUT2D eigenvalue weighted by Crippen LogP contribution is -2.24. The molecule has 0 saturated heterocycles. The maximum atomic E-state index is 5.95. The van der Waals surface area contributed by atoms with E-state index in [0.29, 0.717) is 24.9 Å². The molecule has 0 radical (unpaired) electrons. The van der Waals surface area contributed by atoms with Crippen LogP contribution in [0.5, 0.6) is 17.2 Å². The van der Waals surface area contributed by atoms with Crippen molar-refractivity contribution in [2.45, 2.75) is 6.92 Å². The van der Waals surface area contributed by atoms with Crippen LogP contribution in [0.4, 0.5) is 5.69 Å². The van der Waals surface area contributed by atoms with Gasteiger partial charge < -0.3 is 25.3 Å². The van der Waals surface area contributed by atoms with Gasteiger partial charge in [-0.05, 0) is 24.3 Å². The molecule has 0 aliphatic heterocycles. The summed E-state index contributed by atoms with van der Waals surface area (Å²) in [5.74, 6) is 2.70. The van der Waals surface area contributed by atoms with Crippen LogP contribution in [0.2, 0.25) is 0 Å². The third-order valence-electron chi connectivity index (χ3n) is 3.54. The number of aliphatic imine (C=N–C) groups is 1. The number of methoxy groups -OCH3 is 2. The van der Waals surface area contributed by atoms with Crippen LogP contribution in [-0.2, 0) is 0 Å². The zero-order valence-corrected chi connectivity index (χ0v) is 14.9. The van der Waals surface area contributed by atoms with Crippen molar-refractivity contribution < 1.29 is 14.2 Å². The Labute approximate surface area is 148 Å². The van der Waals surface area contributed by atoms with E-state index in [1.54, 1.807) is 14.2 Å². The van der Waals surface area contributed by atoms with E-state index >= 15 is 0 Å². The van der Waals surface area contributed by atoms with Gasteiger partial charge in [-0.15, -0.1) is 0 Å². The van der Waals surface area contributed by atoms with Crippen LogP contribution >= 0.6 is 0 Å². The standard InChI is InChI=1S/C19H25N3O3/c1-14(13-25-18-11-7-6-10-17(18)24-3)12-21-19(20)22-15-8-4-5-9-16(15)23-2/h4-11,14H,12-13H2,1-3H3,(H3,20,21,22). The molecule has 2 aromatic rings. The summed E-state index contributed by atoms with van der Waals surface area (Å²) in [5.41, 5.74) is 6.73. The second kappa shape index (κ2) is 9.42. The summed E-state index contributed by atoms with van der Waals surface area (Å²) in [5, 5.41) is 3.05. The van der Waals surface area contributed by atoms with E-state index in [-0.39, 0.29) is 5.92 Å². The summed E-state index contributed by atoms with van der Waals surface area (Å²) >= 11 is 0. The molecule has 0 saturated carbocycles. The molecule has 0 aromatic heterocycles. The minimum Gasteiger partial charge on any atom is -0.495 e. The average molecular weight is 343 g/mol. The highest BCUT2D eigenvalue weighted by molar-refractivity contribution is 5.93. The Morgan fingerprint density at radius 2 is 1.60 bits per heavy atom. The van der Waals surface area contributed by atoms with Crippen molar-refractivity contribution in [3.63, 3.8) is 0 Å². The molecule has 0 fully saturated rings. The van der Waals surface area contributed by atoms with E-state index in [1.807, 2.05) is 48.5 Å². The van der Waals surface area contributed by atoms with Gasteiger partial charge in [-0.3, -0.25) is 4.99 Å². The van der Waals surface area contributed by atoms with Crippen molar-refractivity contribution >= 4 is 11.6 Å². The van der Waals surface area contributed by atoms with Gasteiger partial charge in [0.15, 0.2) is 17.5 Å². The number of rotatable bonds is 8. The Balaban J connectivity index is 1.85. The highest BCUT2D eigenvalue weighted by Crippen LogP contribution is 2.26. The molecule has 3 N–H and O–H groups in total. The van der Waals surface area contributed by atoms with E-state index < -0.39 is 0 Å². The lowest BCUT2D eigenvalue weighted by Gasteiger charge is -2.14. The number of hydrogen-bond donors (Lipinski definition) is 2. The topological polar surface area (TPSA) is 78.1 Å². The van der Waals surface area contributed by atoms with Crippen LogP contribution in [0.3, 0.4) is 0 Å². The van der Waals surface area contributed by atoms with Crippen molar-refractivity contribution in [3.05, 3.63) is 48.5 Å². The second-order valence-electron chi connectivity index (χ2n) is 5.62. The molecule has 0 amide bonds. The second-order valence-corrected chi connectivity index (χ2v) is 5.62. The van der Waals surface area contributed by atoms with E-state index in [9.17, 15) is 0 Å². The molecule has 0 aliphatic carbocycles. The minimum absolute atomic E-state index is 0.197. The fourth-order valence-electron chi connectivity index (χ4n) is 2.20. The first-order chi connectivity index (χ1) is 12.1. The summed E-state index contributed by atoms with van der Waals surface area (Å²) in [7, 11) is 3.24. The number of nitrogens with one attached hydrogen (secondary N) is 1. The predicted octanol–water partition coefficient (Wildman–Crippen LogP) is 3.15. The van der Waals surface area contributed by atoms with Gasteiger partial charge in [0.1, 0.15) is 5.75 Å². The highest BCUT2D eigenvalue weighted by Gasteiger charge is 2.07. The number of nitrogens with zero attached hydrogens (tertiary/aromatic N) is 1. The normalized spacial score (nSPS) is 12.4. The number of para-hydroxylation sites is 4. The molecule has 1 unspecified atom stereocenters. The van der Waals surface area contributed by atoms with Gasteiger partial charge in [-0.1, -0.05) is 31.2 Å². The fourth-order valence-corrected chi connectivity index (χ4v) is 2.20. The minimum atomic E-state index is 0.197. The summed E-state index contributed by atoms with van der Waals surface area (Å²) in [6, 6.07) is 15.1. The molecular weight excluding hydrogens is 318 g/mol. The number of anilines is 1. The molecule has 2 aromatic carbocycles. The molecule has 25 heavy (non-hydrogen) atoms. The van der Waals surface area contributed by atoms with Gasteiger partial charge in [-0.2, -0.15) is 0 Å². The lowest BCUT2D eigenvalue weighted by atomic mass is 10.2. The smallest absolute Gasteiger partial charge is 0.193 e. The molecule has 134 valence electrons. The van der Waals surface area contributed by atoms with Gasteiger partial charge in [-0.25, -0.2) is 0 Å². The molecule has 0 bridgehead atoms. The van der Waals surface area contributed by atoms with E-state index in [2.05, 4.69) is 17.2 Å². The molecule has 0 heterocycles. The first-order valence-corrected chi connectivity index (χ1v) is 8.09. The Morgan fingerprint density at radius 1 is 1.00 bits per heavy atom. The third-order valence-corrected chi connectivity index (χ3v) is 3.54. The zero-order chi connectivity index (χ0) is 18.1. The van der Waals surface area contributed by atoms with Crippen molar-refractivity contribution in [3.8, 4) is 17.2 Å². The van der Waals surface area contributed by atoms with Crippen LogP contribution in [0.15, 0.2) is 53.5 Å². The van der Waals surface area contributed by atoms with Crippen molar-refractivity contribution in [2.24, 2.45) is 16.6 Å². The van der Waals surface area contributed by atoms with Gasteiger partial charge >= 0.3 is 0 Å². The van der Waals surface area contributed by atoms with E-state index in [1.165, 1.54) is 0 Å². The first kappa shape index (κ1) is 18.4. The van der Waals surface area contributed by atoms with E-state index in [0.717, 1.165) is 17.2 Å². The lowest BCUT2D eigenvalue weighted by molar-refractivity contribution is 0.251. The molecule has 1 atom stereocenters. The van der Waals surface area contributed by atoms with Crippen LogP contribution in [0.1, 0.15) is 6.92 Å². The maximum absolute atomic E-state index is 5.95. The van der Waals surface area contributed by atoms with Crippen molar-refractivity contribution in [1.29, 1.82) is 0 Å². The van der Waals surface area contributed by atoms with Gasteiger partial charge in [0.05, 0.1) is 26.5 Å². The van der Waals surface area contributed by atoms with Gasteiger partial charge in [0.2, 0.25) is 0 Å². The average Bonchev–Trinajstić information content (AvgIpc) is 2.65. The van der Waals surface area contributed by atoms with Crippen LogP contribution in [0.25, 0.3) is 0 Å². The van der Waals surface area contributed by atoms with Gasteiger partial charge in [0, 0.05) is 12.5 Å². The molecular formula is C19H25N3O3. The van der Waals surface area contributed by atoms with Crippen LogP contribution in [-0.4, -0.2) is 33.3 Å². The quantitative estimate of drug-likeness (QED) is 0.569. The largest absolute Gasteiger partial charge is 0.495 e. The number of nitrogens with two attached hydrogens (primary N) is 1. The molecule has 0 spiro atoms. The van der Waals surface area contributed by atoms with Gasteiger partial charge in [0.25, 0.3) is 0 Å². The first-order valence-electron chi connectivity index (χ1n) is 8.09. The molecule has 0 aliphatic rings. The monoisotopic (exact) mass is 343 g/mol. The molecule has 6 nitrogen and oxygen atoms in total. The summed E-state index contributed by atoms with van der Waals surface area (Å²) in [4.78, 5) is 4.37. The van der Waals surface area contributed by atoms with Crippen LogP contribution in [0, 0.1) is 5.92 Å². The molecule has 6 heteroatoms. The number of ether oxygens (including phenoxy) is 3. The highest BCUT2D eigenvalue weighted by atomic mass is 16.5. The maximum Gasteiger partial charge on any atom is 0.193 e. The summed E-state index contributed by atoms with van der Waals surface area (Å²) in [6.45, 7) is 3.12. The van der Waals surface area contributed by atoms with Crippen LogP contribution < -0.4 is 25.3 Å². The Kier molecular flexibility index (Phi) is 6.95. The SMILES string of the molecule is COc1ccccc1NC(N)=NCC(C)COc1ccccc1OC. The molecule has 2 rings (SSSR count). The summed E-state index contributed by atoms with van der Waals surface area (Å²) < 4.78 is 16.3. The number of hydrogen-bond acceptors (Lipinski definition) is 4. The Morgan fingerprint density at radius 3 is 2.28 bits per heavy atom. The van der Waals surface area contributed by atoms with Crippen molar-refractivity contribution in [2.75, 3.05) is 32.7 Å². The number of guanidine groups is 1. The number of benzene rings is 2. The Hall–Kier alpha value is -2.89. The van der Waals surface area contributed by atoms with Crippen molar-refractivity contribution in [1.82, 2.24) is 0 Å². The predicted molar refractivity (Wildman–Crippen MR) is 101 cm³/mol. The third kappa shape index (κ3) is 5.60. The zero-order valence-electron chi connectivity index (χ0n) is 14.9.